The first kappa shape index (κ1) is 19.9. The number of hydrogen-bond donors (Lipinski definition) is 3. The van der Waals surface area contributed by atoms with Gasteiger partial charge in [0.2, 0.25) is 0 Å². The summed E-state index contributed by atoms with van der Waals surface area (Å²) < 4.78 is 31.9. The second-order valence-electron chi connectivity index (χ2n) is 9.34. The van der Waals surface area contributed by atoms with Crippen LogP contribution in [-0.2, 0) is 9.59 Å². The van der Waals surface area contributed by atoms with Crippen molar-refractivity contribution in [3.05, 3.63) is 23.8 Å². The maximum absolute atomic E-state index is 16.7. The fourth-order valence-electron chi connectivity index (χ4n) is 6.80. The summed E-state index contributed by atoms with van der Waals surface area (Å²) in [6.45, 7) is 2.29. The van der Waals surface area contributed by atoms with E-state index in [1.165, 1.54) is 19.1 Å². The summed E-state index contributed by atoms with van der Waals surface area (Å²) >= 11 is 0. The molecule has 7 heteroatoms. The fraction of sp³-hybridized carbons (Fsp3) is 0.714. The number of halogens is 2. The van der Waals surface area contributed by atoms with E-state index in [4.69, 9.17) is 0 Å². The Bertz CT molecular complexity index is 809. The van der Waals surface area contributed by atoms with Gasteiger partial charge in [0.25, 0.3) is 0 Å². The number of hydrogen-bond acceptors (Lipinski definition) is 5. The molecule has 0 aliphatic heterocycles. The Morgan fingerprint density at radius 2 is 2.00 bits per heavy atom. The van der Waals surface area contributed by atoms with E-state index in [1.807, 2.05) is 0 Å². The molecule has 0 heterocycles. The molecule has 8 atom stereocenters. The van der Waals surface area contributed by atoms with Crippen molar-refractivity contribution in [1.82, 2.24) is 0 Å². The normalized spacial score (nSPS) is 52.5. The number of carbonyl (C=O) groups is 2. The molecule has 4 rings (SSSR count). The lowest BCUT2D eigenvalue weighted by atomic mass is 9.44. The lowest BCUT2D eigenvalue weighted by molar-refractivity contribution is -0.221. The third-order valence-corrected chi connectivity index (χ3v) is 8.39. The summed E-state index contributed by atoms with van der Waals surface area (Å²) in [5.74, 6) is -2.63. The molecule has 0 aromatic rings. The topological polar surface area (TPSA) is 94.8 Å². The first-order chi connectivity index (χ1) is 13.0. The fourth-order valence-corrected chi connectivity index (χ4v) is 6.80. The van der Waals surface area contributed by atoms with E-state index in [9.17, 15) is 24.9 Å². The quantitative estimate of drug-likeness (QED) is 0.659. The SMILES string of the molecule is C[C@]12C=CC(=O)C=C1C(F)C[C@H]1[C@@H]3CC[C@](O)(C(=O)CO)[C@@]3(C)C[C@H](O)[C@@]12F. The van der Waals surface area contributed by atoms with Gasteiger partial charge in [-0.3, -0.25) is 9.59 Å². The number of alkyl halides is 2. The van der Waals surface area contributed by atoms with Crippen LogP contribution in [0, 0.1) is 22.7 Å². The van der Waals surface area contributed by atoms with Crippen molar-refractivity contribution in [3.8, 4) is 0 Å². The van der Waals surface area contributed by atoms with Gasteiger partial charge in [-0.15, -0.1) is 0 Å². The van der Waals surface area contributed by atoms with E-state index < -0.39 is 64.4 Å². The molecule has 0 bridgehead atoms. The summed E-state index contributed by atoms with van der Waals surface area (Å²) in [6.07, 6.45) is 0.509. The molecule has 0 radical (unpaired) electrons. The second-order valence-corrected chi connectivity index (χ2v) is 9.34. The van der Waals surface area contributed by atoms with Gasteiger partial charge in [0.15, 0.2) is 17.2 Å². The highest BCUT2D eigenvalue weighted by molar-refractivity contribution is 6.01. The zero-order valence-electron chi connectivity index (χ0n) is 16.0. The zero-order valence-corrected chi connectivity index (χ0v) is 16.0. The number of fused-ring (bicyclic) bond motifs is 5. The number of ketones is 2. The molecule has 154 valence electrons. The van der Waals surface area contributed by atoms with Crippen LogP contribution in [-0.4, -0.2) is 57.0 Å². The molecule has 1 unspecified atom stereocenters. The lowest BCUT2D eigenvalue weighted by Gasteiger charge is -2.63. The van der Waals surface area contributed by atoms with Crippen molar-refractivity contribution < 1.29 is 33.7 Å². The Kier molecular flexibility index (Phi) is 4.11. The smallest absolute Gasteiger partial charge is 0.190 e. The minimum atomic E-state index is -2.23. The molecule has 5 nitrogen and oxygen atoms in total. The van der Waals surface area contributed by atoms with Crippen molar-refractivity contribution in [2.75, 3.05) is 6.61 Å². The van der Waals surface area contributed by atoms with E-state index in [0.717, 1.165) is 6.08 Å². The van der Waals surface area contributed by atoms with Crippen LogP contribution in [0.25, 0.3) is 0 Å². The molecule has 0 saturated heterocycles. The van der Waals surface area contributed by atoms with Crippen LogP contribution in [0.1, 0.15) is 39.5 Å². The number of allylic oxidation sites excluding steroid dienone is 4. The van der Waals surface area contributed by atoms with E-state index in [2.05, 4.69) is 0 Å². The molecule has 4 aliphatic carbocycles. The molecule has 0 aromatic carbocycles. The van der Waals surface area contributed by atoms with Gasteiger partial charge in [-0.25, -0.2) is 8.78 Å². The first-order valence-corrected chi connectivity index (χ1v) is 9.78. The maximum atomic E-state index is 16.7. The van der Waals surface area contributed by atoms with Crippen LogP contribution in [0.5, 0.6) is 0 Å². The lowest BCUT2D eigenvalue weighted by Crippen LogP contribution is -2.70. The van der Waals surface area contributed by atoms with Crippen LogP contribution < -0.4 is 0 Å². The zero-order chi connectivity index (χ0) is 20.7. The molecule has 4 aliphatic rings. The third-order valence-electron chi connectivity index (χ3n) is 8.39. The van der Waals surface area contributed by atoms with Crippen LogP contribution in [0.15, 0.2) is 23.8 Å². The summed E-state index contributed by atoms with van der Waals surface area (Å²) in [5.41, 5.74) is -6.71. The van der Waals surface area contributed by atoms with Crippen molar-refractivity contribution >= 4 is 11.6 Å². The third kappa shape index (κ3) is 2.05. The van der Waals surface area contributed by atoms with Gasteiger partial charge in [-0.05, 0) is 56.3 Å². The van der Waals surface area contributed by atoms with E-state index in [-0.39, 0.29) is 24.8 Å². The molecule has 3 saturated carbocycles. The van der Waals surface area contributed by atoms with Crippen molar-refractivity contribution in [2.45, 2.75) is 63.1 Å². The standard InChI is InChI=1S/C21H26F2O5/c1-18-5-3-11(25)7-14(18)15(22)8-13-12-4-6-20(28,17(27)10-24)19(12,2)9-16(26)21(13,18)23/h3,5,7,12-13,15-16,24,26,28H,4,6,8-10H2,1-2H3/t12-,13-,15?,16-,18-,19-,20-,21-/m0/s1. The largest absolute Gasteiger partial charge is 0.390 e. The number of aliphatic hydroxyl groups is 3. The summed E-state index contributed by atoms with van der Waals surface area (Å²) in [7, 11) is 0. The second kappa shape index (κ2) is 5.80. The average molecular weight is 396 g/mol. The minimum absolute atomic E-state index is 0.0392. The highest BCUT2D eigenvalue weighted by atomic mass is 19.1. The summed E-state index contributed by atoms with van der Waals surface area (Å²) in [5, 5.41) is 31.4. The average Bonchev–Trinajstić information content (AvgIpc) is 2.91. The van der Waals surface area contributed by atoms with Crippen LogP contribution in [0.2, 0.25) is 0 Å². The Balaban J connectivity index is 1.84. The summed E-state index contributed by atoms with van der Waals surface area (Å²) in [4.78, 5) is 24.1. The van der Waals surface area contributed by atoms with Gasteiger partial charge < -0.3 is 15.3 Å². The van der Waals surface area contributed by atoms with Gasteiger partial charge in [-0.2, -0.15) is 0 Å². The van der Waals surface area contributed by atoms with Crippen LogP contribution >= 0.6 is 0 Å². The van der Waals surface area contributed by atoms with E-state index >= 15 is 8.78 Å². The van der Waals surface area contributed by atoms with Gasteiger partial charge in [0.05, 0.1) is 6.10 Å². The van der Waals surface area contributed by atoms with E-state index in [1.54, 1.807) is 6.92 Å². The molecule has 3 N–H and O–H groups in total. The predicted molar refractivity (Wildman–Crippen MR) is 95.7 cm³/mol. The Morgan fingerprint density at radius 1 is 1.32 bits per heavy atom. The monoisotopic (exact) mass is 396 g/mol. The number of Topliss-reactive ketones (excluding diaryl/α,β-unsaturated/α-hetero) is 1. The minimum Gasteiger partial charge on any atom is -0.390 e. The molecule has 0 amide bonds. The molecular weight excluding hydrogens is 370 g/mol. The molecule has 28 heavy (non-hydrogen) atoms. The van der Waals surface area contributed by atoms with Gasteiger partial charge >= 0.3 is 0 Å². The van der Waals surface area contributed by atoms with E-state index in [0.29, 0.717) is 6.42 Å². The molecular formula is C21H26F2O5. The Hall–Kier alpha value is -1.44. The molecule has 3 fully saturated rings. The molecule has 0 aromatic heterocycles. The van der Waals surface area contributed by atoms with Crippen LogP contribution in [0.4, 0.5) is 8.78 Å². The van der Waals surface area contributed by atoms with Gasteiger partial charge in [-0.1, -0.05) is 13.0 Å². The van der Waals surface area contributed by atoms with Gasteiger partial charge in [0.1, 0.15) is 18.4 Å². The maximum Gasteiger partial charge on any atom is 0.190 e. The highest BCUT2D eigenvalue weighted by Crippen LogP contribution is 2.69. The van der Waals surface area contributed by atoms with Crippen molar-refractivity contribution in [3.63, 3.8) is 0 Å². The highest BCUT2D eigenvalue weighted by Gasteiger charge is 2.75. The van der Waals surface area contributed by atoms with Crippen molar-refractivity contribution in [2.24, 2.45) is 22.7 Å². The molecule has 0 spiro atoms. The number of aliphatic hydroxyl groups excluding tert-OH is 2. The number of rotatable bonds is 2. The van der Waals surface area contributed by atoms with Crippen molar-refractivity contribution in [1.29, 1.82) is 0 Å². The predicted octanol–water partition coefficient (Wildman–Crippen LogP) is 1.60. The summed E-state index contributed by atoms with van der Waals surface area (Å²) in [6, 6.07) is 0. The van der Waals surface area contributed by atoms with Gasteiger partial charge in [0, 0.05) is 16.7 Å². The van der Waals surface area contributed by atoms with Crippen LogP contribution in [0.3, 0.4) is 0 Å². The Labute approximate surface area is 162 Å². The number of carbonyl (C=O) groups excluding carboxylic acids is 2. The Morgan fingerprint density at radius 3 is 2.64 bits per heavy atom. The first-order valence-electron chi connectivity index (χ1n) is 9.78.